The summed E-state index contributed by atoms with van der Waals surface area (Å²) in [5.74, 6) is 1.03. The SMILES string of the molecule is O=C1CCc2c(OCc3ccccn3)cccc21. The Kier molecular flexibility index (Phi) is 2.81. The average molecular weight is 239 g/mol. The van der Waals surface area contributed by atoms with Crippen molar-refractivity contribution >= 4 is 5.78 Å². The number of ketones is 1. The van der Waals surface area contributed by atoms with Crippen LogP contribution in [0.3, 0.4) is 0 Å². The number of rotatable bonds is 3. The Morgan fingerprint density at radius 1 is 1.11 bits per heavy atom. The molecule has 0 atom stereocenters. The van der Waals surface area contributed by atoms with Crippen molar-refractivity contribution in [2.75, 3.05) is 0 Å². The lowest BCUT2D eigenvalue weighted by atomic mass is 10.1. The van der Waals surface area contributed by atoms with Crippen molar-refractivity contribution in [1.82, 2.24) is 4.98 Å². The van der Waals surface area contributed by atoms with Crippen LogP contribution in [0, 0.1) is 0 Å². The van der Waals surface area contributed by atoms with Crippen LogP contribution in [0.5, 0.6) is 5.75 Å². The molecule has 3 nitrogen and oxygen atoms in total. The van der Waals surface area contributed by atoms with Gasteiger partial charge in [0.25, 0.3) is 0 Å². The van der Waals surface area contributed by atoms with E-state index in [2.05, 4.69) is 4.98 Å². The normalized spacial score (nSPS) is 13.4. The minimum absolute atomic E-state index is 0.216. The Labute approximate surface area is 105 Å². The molecule has 1 aliphatic rings. The molecular weight excluding hydrogens is 226 g/mol. The molecule has 0 fully saturated rings. The highest BCUT2D eigenvalue weighted by Gasteiger charge is 2.22. The fourth-order valence-corrected chi connectivity index (χ4v) is 2.23. The van der Waals surface area contributed by atoms with E-state index in [1.54, 1.807) is 6.20 Å². The first-order valence-electron chi connectivity index (χ1n) is 6.02. The van der Waals surface area contributed by atoms with E-state index in [0.717, 1.165) is 29.0 Å². The van der Waals surface area contributed by atoms with Crippen LogP contribution >= 0.6 is 0 Å². The summed E-state index contributed by atoms with van der Waals surface area (Å²) in [5, 5.41) is 0. The molecule has 0 N–H and O–H groups in total. The minimum Gasteiger partial charge on any atom is -0.487 e. The molecule has 1 aromatic carbocycles. The minimum atomic E-state index is 0.216. The summed E-state index contributed by atoms with van der Waals surface area (Å²) in [6.07, 6.45) is 3.13. The molecule has 3 rings (SSSR count). The van der Waals surface area contributed by atoms with Gasteiger partial charge in [-0.05, 0) is 24.6 Å². The number of ether oxygens (including phenoxy) is 1. The summed E-state index contributed by atoms with van der Waals surface area (Å²) in [4.78, 5) is 15.8. The standard InChI is InChI=1S/C15H13NO2/c17-14-8-7-13-12(14)5-3-6-15(13)18-10-11-4-1-2-9-16-11/h1-6,9H,7-8,10H2. The van der Waals surface area contributed by atoms with Crippen LogP contribution in [0.1, 0.15) is 28.0 Å². The molecule has 0 spiro atoms. The van der Waals surface area contributed by atoms with Gasteiger partial charge >= 0.3 is 0 Å². The molecule has 0 amide bonds. The van der Waals surface area contributed by atoms with Crippen molar-refractivity contribution in [3.8, 4) is 5.75 Å². The number of benzene rings is 1. The number of hydrogen-bond acceptors (Lipinski definition) is 3. The Morgan fingerprint density at radius 2 is 2.06 bits per heavy atom. The van der Waals surface area contributed by atoms with Crippen LogP contribution < -0.4 is 4.74 Å². The number of Topliss-reactive ketones (excluding diaryl/α,β-unsaturated/α-hetero) is 1. The maximum absolute atomic E-state index is 11.6. The van der Waals surface area contributed by atoms with Crippen molar-refractivity contribution in [3.63, 3.8) is 0 Å². The summed E-state index contributed by atoms with van der Waals surface area (Å²) < 4.78 is 5.77. The number of nitrogens with zero attached hydrogens (tertiary/aromatic N) is 1. The Hall–Kier alpha value is -2.16. The third-order valence-electron chi connectivity index (χ3n) is 3.14. The molecular formula is C15H13NO2. The van der Waals surface area contributed by atoms with Crippen molar-refractivity contribution in [2.24, 2.45) is 0 Å². The zero-order valence-electron chi connectivity index (χ0n) is 9.93. The molecule has 18 heavy (non-hydrogen) atoms. The van der Waals surface area contributed by atoms with Gasteiger partial charge in [-0.2, -0.15) is 0 Å². The van der Waals surface area contributed by atoms with Crippen LogP contribution in [0.25, 0.3) is 0 Å². The monoisotopic (exact) mass is 239 g/mol. The van der Waals surface area contributed by atoms with Gasteiger partial charge in [0.1, 0.15) is 12.4 Å². The largest absolute Gasteiger partial charge is 0.487 e. The van der Waals surface area contributed by atoms with Gasteiger partial charge in [0.15, 0.2) is 5.78 Å². The smallest absolute Gasteiger partial charge is 0.163 e. The van der Waals surface area contributed by atoms with Gasteiger partial charge in [-0.25, -0.2) is 0 Å². The van der Waals surface area contributed by atoms with Crippen molar-refractivity contribution in [2.45, 2.75) is 19.4 Å². The van der Waals surface area contributed by atoms with Crippen LogP contribution in [0.2, 0.25) is 0 Å². The van der Waals surface area contributed by atoms with Gasteiger partial charge in [0.2, 0.25) is 0 Å². The van der Waals surface area contributed by atoms with E-state index in [4.69, 9.17) is 4.74 Å². The fourth-order valence-electron chi connectivity index (χ4n) is 2.23. The van der Waals surface area contributed by atoms with Crippen molar-refractivity contribution in [1.29, 1.82) is 0 Å². The van der Waals surface area contributed by atoms with Gasteiger partial charge in [0, 0.05) is 23.7 Å². The second-order valence-electron chi connectivity index (χ2n) is 4.32. The van der Waals surface area contributed by atoms with E-state index >= 15 is 0 Å². The molecule has 90 valence electrons. The van der Waals surface area contributed by atoms with Crippen LogP contribution in [0.4, 0.5) is 0 Å². The quantitative estimate of drug-likeness (QED) is 0.826. The topological polar surface area (TPSA) is 39.2 Å². The molecule has 0 bridgehead atoms. The van der Waals surface area contributed by atoms with Crippen LogP contribution in [-0.2, 0) is 13.0 Å². The Morgan fingerprint density at radius 3 is 2.89 bits per heavy atom. The zero-order valence-corrected chi connectivity index (χ0v) is 9.93. The molecule has 0 saturated heterocycles. The highest BCUT2D eigenvalue weighted by atomic mass is 16.5. The molecule has 0 saturated carbocycles. The number of fused-ring (bicyclic) bond motifs is 1. The lowest BCUT2D eigenvalue weighted by Crippen LogP contribution is -2.00. The average Bonchev–Trinajstić information content (AvgIpc) is 2.80. The van der Waals surface area contributed by atoms with E-state index < -0.39 is 0 Å². The van der Waals surface area contributed by atoms with Crippen molar-refractivity contribution in [3.05, 3.63) is 59.4 Å². The molecule has 0 radical (unpaired) electrons. The van der Waals surface area contributed by atoms with Crippen LogP contribution in [0.15, 0.2) is 42.6 Å². The Balaban J connectivity index is 1.80. The third-order valence-corrected chi connectivity index (χ3v) is 3.14. The highest BCUT2D eigenvalue weighted by Crippen LogP contribution is 2.30. The van der Waals surface area contributed by atoms with Gasteiger partial charge in [-0.3, -0.25) is 9.78 Å². The molecule has 0 aliphatic heterocycles. The second kappa shape index (κ2) is 4.61. The predicted octanol–water partition coefficient (Wildman–Crippen LogP) is 2.79. The molecule has 3 heteroatoms. The number of aromatic nitrogens is 1. The Bertz CT molecular complexity index is 578. The van der Waals surface area contributed by atoms with Gasteiger partial charge in [0.05, 0.1) is 5.69 Å². The number of carbonyl (C=O) groups excluding carboxylic acids is 1. The lowest BCUT2D eigenvalue weighted by Gasteiger charge is -2.09. The van der Waals surface area contributed by atoms with E-state index in [9.17, 15) is 4.79 Å². The summed E-state index contributed by atoms with van der Waals surface area (Å²) >= 11 is 0. The van der Waals surface area contributed by atoms with E-state index in [-0.39, 0.29) is 5.78 Å². The number of carbonyl (C=O) groups is 1. The predicted molar refractivity (Wildman–Crippen MR) is 67.7 cm³/mol. The summed E-state index contributed by atoms with van der Waals surface area (Å²) in [6, 6.07) is 11.4. The first-order chi connectivity index (χ1) is 8.84. The van der Waals surface area contributed by atoms with Gasteiger partial charge < -0.3 is 4.74 Å². The zero-order chi connectivity index (χ0) is 12.4. The number of pyridine rings is 1. The van der Waals surface area contributed by atoms with E-state index in [0.29, 0.717) is 13.0 Å². The first-order valence-corrected chi connectivity index (χ1v) is 6.02. The molecule has 1 aromatic heterocycles. The maximum Gasteiger partial charge on any atom is 0.163 e. The van der Waals surface area contributed by atoms with Crippen LogP contribution in [-0.4, -0.2) is 10.8 Å². The number of hydrogen-bond donors (Lipinski definition) is 0. The van der Waals surface area contributed by atoms with Gasteiger partial charge in [-0.15, -0.1) is 0 Å². The molecule has 0 unspecified atom stereocenters. The molecule has 1 heterocycles. The third kappa shape index (κ3) is 1.99. The summed E-state index contributed by atoms with van der Waals surface area (Å²) in [7, 11) is 0. The van der Waals surface area contributed by atoms with Crippen molar-refractivity contribution < 1.29 is 9.53 Å². The first kappa shape index (κ1) is 11.0. The second-order valence-corrected chi connectivity index (χ2v) is 4.32. The highest BCUT2D eigenvalue weighted by molar-refractivity contribution is 6.01. The van der Waals surface area contributed by atoms with E-state index in [1.807, 2.05) is 36.4 Å². The summed E-state index contributed by atoms with van der Waals surface area (Å²) in [6.45, 7) is 0.436. The maximum atomic E-state index is 11.6. The van der Waals surface area contributed by atoms with E-state index in [1.165, 1.54) is 0 Å². The fraction of sp³-hybridized carbons (Fsp3) is 0.200. The summed E-state index contributed by atoms with van der Waals surface area (Å²) in [5.41, 5.74) is 2.74. The molecule has 2 aromatic rings. The lowest BCUT2D eigenvalue weighted by molar-refractivity contribution is 0.0994. The van der Waals surface area contributed by atoms with Gasteiger partial charge in [-0.1, -0.05) is 18.2 Å². The molecule has 1 aliphatic carbocycles.